The summed E-state index contributed by atoms with van der Waals surface area (Å²) >= 11 is 9.54. The van der Waals surface area contributed by atoms with Gasteiger partial charge in [0.1, 0.15) is 8.72 Å². The second kappa shape index (κ2) is 6.75. The number of hydrogen-bond donors (Lipinski definition) is 0. The highest BCUT2D eigenvalue weighted by molar-refractivity contribution is 14.1. The van der Waals surface area contributed by atoms with Crippen molar-refractivity contribution in [3.63, 3.8) is 0 Å². The van der Waals surface area contributed by atoms with E-state index >= 15 is 0 Å². The summed E-state index contributed by atoms with van der Waals surface area (Å²) in [5, 5.41) is 0.291. The molecule has 0 N–H and O–H groups in total. The molecule has 0 amide bonds. The van der Waals surface area contributed by atoms with Crippen LogP contribution in [0.15, 0.2) is 11.1 Å². The Morgan fingerprint density at radius 2 is 2.40 bits per heavy atom. The molecule has 0 unspecified atom stereocenters. The molecule has 0 radical (unpaired) electrons. The first-order valence-electron chi connectivity index (χ1n) is 4.65. The standard InChI is InChI=1S/C9H12ClIN2OS/c1-2-15-5-3-4-13-6-12-8(10)7(11)9(13)14/h6H,2-5H2,1H3. The highest BCUT2D eigenvalue weighted by Gasteiger charge is 2.05. The van der Waals surface area contributed by atoms with Crippen molar-refractivity contribution in [2.45, 2.75) is 19.9 Å². The Balaban J connectivity index is 2.63. The van der Waals surface area contributed by atoms with Gasteiger partial charge in [-0.1, -0.05) is 18.5 Å². The van der Waals surface area contributed by atoms with Gasteiger partial charge in [-0.15, -0.1) is 0 Å². The number of thioether (sulfide) groups is 1. The molecule has 84 valence electrons. The molecule has 0 aliphatic rings. The van der Waals surface area contributed by atoms with E-state index in [2.05, 4.69) is 11.9 Å². The van der Waals surface area contributed by atoms with Crippen molar-refractivity contribution in [3.8, 4) is 0 Å². The van der Waals surface area contributed by atoms with Crippen LogP contribution in [0.3, 0.4) is 0 Å². The van der Waals surface area contributed by atoms with Gasteiger partial charge in [0, 0.05) is 6.54 Å². The molecule has 1 heterocycles. The largest absolute Gasteiger partial charge is 0.298 e. The quantitative estimate of drug-likeness (QED) is 0.461. The average Bonchev–Trinajstić information content (AvgIpc) is 2.24. The van der Waals surface area contributed by atoms with Crippen LogP contribution in [0.4, 0.5) is 0 Å². The third-order valence-corrected chi connectivity index (χ3v) is 4.40. The van der Waals surface area contributed by atoms with Crippen LogP contribution in [0.1, 0.15) is 13.3 Å². The number of nitrogens with zero attached hydrogens (tertiary/aromatic N) is 2. The first kappa shape index (κ1) is 13.3. The lowest BCUT2D eigenvalue weighted by molar-refractivity contribution is 0.641. The zero-order chi connectivity index (χ0) is 11.3. The Hall–Kier alpha value is 0.250. The maximum absolute atomic E-state index is 11.7. The minimum atomic E-state index is -0.0444. The van der Waals surface area contributed by atoms with Gasteiger partial charge in [0.2, 0.25) is 0 Å². The highest BCUT2D eigenvalue weighted by Crippen LogP contribution is 2.09. The van der Waals surface area contributed by atoms with E-state index in [1.165, 1.54) is 6.33 Å². The van der Waals surface area contributed by atoms with Crippen molar-refractivity contribution >= 4 is 46.0 Å². The van der Waals surface area contributed by atoms with Gasteiger partial charge in [-0.3, -0.25) is 9.36 Å². The summed E-state index contributed by atoms with van der Waals surface area (Å²) in [6.45, 7) is 2.84. The van der Waals surface area contributed by atoms with Crippen molar-refractivity contribution in [2.24, 2.45) is 0 Å². The SMILES string of the molecule is CCSCCCn1cnc(Cl)c(I)c1=O. The summed E-state index contributed by atoms with van der Waals surface area (Å²) in [5.41, 5.74) is -0.0444. The van der Waals surface area contributed by atoms with Gasteiger partial charge in [0.05, 0.1) is 6.33 Å². The lowest BCUT2D eigenvalue weighted by Crippen LogP contribution is -2.23. The second-order valence-corrected chi connectivity index (χ2v) is 5.73. The van der Waals surface area contributed by atoms with Crippen molar-refractivity contribution < 1.29 is 0 Å². The molecule has 1 aromatic rings. The lowest BCUT2D eigenvalue weighted by Gasteiger charge is -2.05. The van der Waals surface area contributed by atoms with Crippen LogP contribution in [0.5, 0.6) is 0 Å². The van der Waals surface area contributed by atoms with E-state index in [0.717, 1.165) is 17.9 Å². The summed E-state index contributed by atoms with van der Waals surface area (Å²) in [4.78, 5) is 15.6. The fourth-order valence-corrected chi connectivity index (χ4v) is 2.28. The van der Waals surface area contributed by atoms with E-state index < -0.39 is 0 Å². The van der Waals surface area contributed by atoms with Crippen LogP contribution < -0.4 is 5.56 Å². The Labute approximate surface area is 112 Å². The molecule has 0 aliphatic carbocycles. The normalized spacial score (nSPS) is 10.6. The molecule has 6 heteroatoms. The van der Waals surface area contributed by atoms with Crippen LogP contribution in [-0.4, -0.2) is 21.1 Å². The smallest absolute Gasteiger partial charge is 0.268 e. The fourth-order valence-electron chi connectivity index (χ4n) is 1.08. The van der Waals surface area contributed by atoms with Gasteiger partial charge in [0.25, 0.3) is 5.56 Å². The van der Waals surface area contributed by atoms with E-state index in [4.69, 9.17) is 11.6 Å². The van der Waals surface area contributed by atoms with E-state index in [1.807, 2.05) is 34.4 Å². The predicted octanol–water partition coefficient (Wildman–Crippen LogP) is 2.64. The predicted molar refractivity (Wildman–Crippen MR) is 73.8 cm³/mol. The summed E-state index contributed by atoms with van der Waals surface area (Å²) < 4.78 is 2.11. The molecule has 0 saturated heterocycles. The topological polar surface area (TPSA) is 34.9 Å². The van der Waals surface area contributed by atoms with Crippen molar-refractivity contribution in [1.82, 2.24) is 9.55 Å². The zero-order valence-electron chi connectivity index (χ0n) is 8.37. The molecule has 3 nitrogen and oxygen atoms in total. The molecule has 15 heavy (non-hydrogen) atoms. The van der Waals surface area contributed by atoms with Gasteiger partial charge in [-0.25, -0.2) is 4.98 Å². The first-order valence-corrected chi connectivity index (χ1v) is 7.26. The van der Waals surface area contributed by atoms with Gasteiger partial charge >= 0.3 is 0 Å². The monoisotopic (exact) mass is 358 g/mol. The minimum absolute atomic E-state index is 0.0444. The van der Waals surface area contributed by atoms with Crippen LogP contribution in [0.25, 0.3) is 0 Å². The Morgan fingerprint density at radius 1 is 1.67 bits per heavy atom. The summed E-state index contributed by atoms with van der Waals surface area (Å²) in [7, 11) is 0. The lowest BCUT2D eigenvalue weighted by atomic mass is 10.4. The number of halogens is 2. The summed E-state index contributed by atoms with van der Waals surface area (Å²) in [6, 6.07) is 0. The summed E-state index contributed by atoms with van der Waals surface area (Å²) in [5.74, 6) is 2.19. The number of aromatic nitrogens is 2. The van der Waals surface area contributed by atoms with Crippen molar-refractivity contribution in [2.75, 3.05) is 11.5 Å². The molecule has 1 rings (SSSR count). The molecule has 0 atom stereocenters. The van der Waals surface area contributed by atoms with E-state index in [9.17, 15) is 4.79 Å². The van der Waals surface area contributed by atoms with E-state index in [0.29, 0.717) is 15.3 Å². The third-order valence-electron chi connectivity index (χ3n) is 1.83. The third kappa shape index (κ3) is 3.96. The molecule has 0 aliphatic heterocycles. The zero-order valence-corrected chi connectivity index (χ0v) is 12.1. The summed E-state index contributed by atoms with van der Waals surface area (Å²) in [6.07, 6.45) is 2.50. The van der Waals surface area contributed by atoms with E-state index in [-0.39, 0.29) is 5.56 Å². The minimum Gasteiger partial charge on any atom is -0.298 e. The number of aryl methyl sites for hydroxylation is 1. The van der Waals surface area contributed by atoms with Gasteiger partial charge in [0.15, 0.2) is 0 Å². The van der Waals surface area contributed by atoms with Gasteiger partial charge in [-0.2, -0.15) is 11.8 Å². The van der Waals surface area contributed by atoms with Gasteiger partial charge in [-0.05, 0) is 40.5 Å². The van der Waals surface area contributed by atoms with Crippen molar-refractivity contribution in [1.29, 1.82) is 0 Å². The first-order chi connectivity index (χ1) is 7.16. The number of rotatable bonds is 5. The Bertz CT molecular complexity index is 383. The molecule has 1 aromatic heterocycles. The van der Waals surface area contributed by atoms with Crippen molar-refractivity contribution in [3.05, 3.63) is 25.4 Å². The molecule has 0 spiro atoms. The second-order valence-electron chi connectivity index (χ2n) is 2.90. The van der Waals surface area contributed by atoms with Crippen LogP contribution in [0.2, 0.25) is 5.15 Å². The van der Waals surface area contributed by atoms with E-state index in [1.54, 1.807) is 4.57 Å². The maximum Gasteiger partial charge on any atom is 0.268 e. The van der Waals surface area contributed by atoms with Crippen LogP contribution in [0, 0.1) is 3.57 Å². The maximum atomic E-state index is 11.7. The molecule has 0 saturated carbocycles. The van der Waals surface area contributed by atoms with Gasteiger partial charge < -0.3 is 0 Å². The molecule has 0 aromatic carbocycles. The Morgan fingerprint density at radius 3 is 3.07 bits per heavy atom. The molecular weight excluding hydrogens is 347 g/mol. The van der Waals surface area contributed by atoms with Crippen LogP contribution >= 0.6 is 46.0 Å². The fraction of sp³-hybridized carbons (Fsp3) is 0.556. The molecule has 0 fully saturated rings. The average molecular weight is 359 g/mol. The Kier molecular flexibility index (Phi) is 5.99. The van der Waals surface area contributed by atoms with Crippen LogP contribution in [-0.2, 0) is 6.54 Å². The number of hydrogen-bond acceptors (Lipinski definition) is 3. The molecule has 0 bridgehead atoms. The molecular formula is C9H12ClIN2OS. The highest BCUT2D eigenvalue weighted by atomic mass is 127.